The summed E-state index contributed by atoms with van der Waals surface area (Å²) in [7, 11) is 0. The van der Waals surface area contributed by atoms with Crippen LogP contribution >= 0.6 is 0 Å². The van der Waals surface area contributed by atoms with Gasteiger partial charge in [-0.3, -0.25) is 9.59 Å². The molecule has 0 spiro atoms. The first kappa shape index (κ1) is 18.2. The van der Waals surface area contributed by atoms with Gasteiger partial charge in [0.25, 0.3) is 0 Å². The number of rotatable bonds is 2. The number of anilines is 1. The Bertz CT molecular complexity index is 587. The van der Waals surface area contributed by atoms with E-state index in [4.69, 9.17) is 0 Å². The molecule has 0 saturated carbocycles. The summed E-state index contributed by atoms with van der Waals surface area (Å²) in [6, 6.07) is 6.32. The molecule has 2 amide bonds. The van der Waals surface area contributed by atoms with Crippen LogP contribution in [-0.4, -0.2) is 59.9 Å². The van der Waals surface area contributed by atoms with Gasteiger partial charge in [-0.1, -0.05) is 0 Å². The fourth-order valence-corrected chi connectivity index (χ4v) is 2.99. The van der Waals surface area contributed by atoms with Gasteiger partial charge < -0.3 is 14.7 Å². The maximum atomic E-state index is 13.0. The highest BCUT2D eigenvalue weighted by atomic mass is 19.1. The average Bonchev–Trinajstić information content (AvgIpc) is 2.54. The number of hydrogen-bond acceptors (Lipinski definition) is 3. The Morgan fingerprint density at radius 3 is 2.08 bits per heavy atom. The van der Waals surface area contributed by atoms with Gasteiger partial charge in [0.15, 0.2) is 0 Å². The van der Waals surface area contributed by atoms with Crippen LogP contribution in [0.2, 0.25) is 0 Å². The third kappa shape index (κ3) is 4.04. The second-order valence-electron chi connectivity index (χ2n) is 6.98. The van der Waals surface area contributed by atoms with E-state index in [1.165, 1.54) is 12.1 Å². The molecule has 1 aliphatic heterocycles. The van der Waals surface area contributed by atoms with Crippen LogP contribution in [0.4, 0.5) is 10.1 Å². The molecule has 0 aliphatic carbocycles. The fourth-order valence-electron chi connectivity index (χ4n) is 2.99. The summed E-state index contributed by atoms with van der Waals surface area (Å²) >= 11 is 0. The first-order chi connectivity index (χ1) is 11.2. The predicted molar refractivity (Wildman–Crippen MR) is 92.3 cm³/mol. The Hall–Kier alpha value is -2.11. The molecule has 132 valence electrons. The normalized spacial score (nSPS) is 15.4. The zero-order chi connectivity index (χ0) is 17.9. The van der Waals surface area contributed by atoms with E-state index >= 15 is 0 Å². The molecule has 0 aromatic heterocycles. The van der Waals surface area contributed by atoms with Crippen LogP contribution in [0.1, 0.15) is 27.7 Å². The van der Waals surface area contributed by atoms with Crippen LogP contribution in [0.3, 0.4) is 0 Å². The number of nitrogens with zero attached hydrogens (tertiary/aromatic N) is 3. The largest absolute Gasteiger partial charge is 0.368 e. The number of hydrogen-bond donors (Lipinski definition) is 0. The standard InChI is InChI=1S/C18H26FN3O2/c1-5-22(18(2,3)4)17(24)16(23)21-12-10-20(11-13-21)15-8-6-14(19)7-9-15/h6-9H,5,10-13H2,1-4H3. The minimum absolute atomic E-state index is 0.264. The van der Waals surface area contributed by atoms with Crippen LogP contribution in [0.25, 0.3) is 0 Å². The molecular formula is C18H26FN3O2. The summed E-state index contributed by atoms with van der Waals surface area (Å²) in [5.74, 6) is -1.15. The molecule has 1 saturated heterocycles. The molecule has 0 bridgehead atoms. The van der Waals surface area contributed by atoms with E-state index in [1.807, 2.05) is 27.7 Å². The quantitative estimate of drug-likeness (QED) is 0.778. The van der Waals surface area contributed by atoms with E-state index in [1.54, 1.807) is 21.9 Å². The Labute approximate surface area is 143 Å². The highest BCUT2D eigenvalue weighted by Gasteiger charge is 2.33. The summed E-state index contributed by atoms with van der Waals surface area (Å²) in [6.07, 6.45) is 0. The van der Waals surface area contributed by atoms with Gasteiger partial charge in [-0.25, -0.2) is 4.39 Å². The molecule has 1 aromatic rings. The Kier molecular flexibility index (Phi) is 5.47. The smallest absolute Gasteiger partial charge is 0.312 e. The molecule has 1 heterocycles. The van der Waals surface area contributed by atoms with Crippen molar-refractivity contribution in [2.45, 2.75) is 33.2 Å². The van der Waals surface area contributed by atoms with Gasteiger partial charge in [0.1, 0.15) is 5.82 Å². The van der Waals surface area contributed by atoms with Crippen molar-refractivity contribution in [2.75, 3.05) is 37.6 Å². The third-order valence-corrected chi connectivity index (χ3v) is 4.31. The number of carbonyl (C=O) groups is 2. The van der Waals surface area contributed by atoms with Crippen molar-refractivity contribution in [3.8, 4) is 0 Å². The van der Waals surface area contributed by atoms with Crippen LogP contribution in [0.15, 0.2) is 24.3 Å². The van der Waals surface area contributed by atoms with Crippen molar-refractivity contribution < 1.29 is 14.0 Å². The Balaban J connectivity index is 1.97. The topological polar surface area (TPSA) is 43.9 Å². The van der Waals surface area contributed by atoms with E-state index in [0.717, 1.165) is 5.69 Å². The fraction of sp³-hybridized carbons (Fsp3) is 0.556. The van der Waals surface area contributed by atoms with Crippen molar-refractivity contribution in [1.82, 2.24) is 9.80 Å². The molecule has 1 aliphatic rings. The highest BCUT2D eigenvalue weighted by Crippen LogP contribution is 2.18. The van der Waals surface area contributed by atoms with Crippen molar-refractivity contribution in [1.29, 1.82) is 0 Å². The Morgan fingerprint density at radius 2 is 1.62 bits per heavy atom. The SMILES string of the molecule is CCN(C(=O)C(=O)N1CCN(c2ccc(F)cc2)CC1)C(C)(C)C. The molecule has 6 heteroatoms. The van der Waals surface area contributed by atoms with E-state index in [0.29, 0.717) is 32.7 Å². The lowest BCUT2D eigenvalue weighted by molar-refractivity contribution is -0.154. The molecule has 1 aromatic carbocycles. The maximum absolute atomic E-state index is 13.0. The van der Waals surface area contributed by atoms with Gasteiger partial charge in [-0.2, -0.15) is 0 Å². The van der Waals surface area contributed by atoms with Crippen molar-refractivity contribution >= 4 is 17.5 Å². The van der Waals surface area contributed by atoms with E-state index in [-0.39, 0.29) is 11.4 Å². The highest BCUT2D eigenvalue weighted by molar-refractivity contribution is 6.35. The van der Waals surface area contributed by atoms with Gasteiger partial charge in [0.2, 0.25) is 0 Å². The molecule has 5 nitrogen and oxygen atoms in total. The van der Waals surface area contributed by atoms with Crippen molar-refractivity contribution in [3.05, 3.63) is 30.1 Å². The van der Waals surface area contributed by atoms with Crippen molar-refractivity contribution in [2.24, 2.45) is 0 Å². The lowest BCUT2D eigenvalue weighted by Crippen LogP contribution is -2.56. The van der Waals surface area contributed by atoms with E-state index in [9.17, 15) is 14.0 Å². The van der Waals surface area contributed by atoms with Gasteiger partial charge in [0.05, 0.1) is 0 Å². The first-order valence-corrected chi connectivity index (χ1v) is 8.35. The van der Waals surface area contributed by atoms with Crippen LogP contribution in [0.5, 0.6) is 0 Å². The van der Waals surface area contributed by atoms with E-state index < -0.39 is 11.8 Å². The van der Waals surface area contributed by atoms with Crippen LogP contribution in [0, 0.1) is 5.82 Å². The van der Waals surface area contributed by atoms with E-state index in [2.05, 4.69) is 4.90 Å². The number of benzene rings is 1. The van der Waals surface area contributed by atoms with Crippen LogP contribution in [-0.2, 0) is 9.59 Å². The monoisotopic (exact) mass is 335 g/mol. The van der Waals surface area contributed by atoms with Gasteiger partial charge in [-0.15, -0.1) is 0 Å². The summed E-state index contributed by atoms with van der Waals surface area (Å²) in [4.78, 5) is 30.3. The van der Waals surface area contributed by atoms with Gasteiger partial charge >= 0.3 is 11.8 Å². The summed E-state index contributed by atoms with van der Waals surface area (Å²) in [5, 5.41) is 0. The number of carbonyl (C=O) groups excluding carboxylic acids is 2. The number of amides is 2. The van der Waals surface area contributed by atoms with Crippen LogP contribution < -0.4 is 4.90 Å². The predicted octanol–water partition coefficient (Wildman–Crippen LogP) is 2.12. The molecule has 0 atom stereocenters. The lowest BCUT2D eigenvalue weighted by Gasteiger charge is -2.39. The maximum Gasteiger partial charge on any atom is 0.312 e. The van der Waals surface area contributed by atoms with Gasteiger partial charge in [0, 0.05) is 44.0 Å². The third-order valence-electron chi connectivity index (χ3n) is 4.31. The molecule has 24 heavy (non-hydrogen) atoms. The average molecular weight is 335 g/mol. The summed E-state index contributed by atoms with van der Waals surface area (Å²) in [5.41, 5.74) is 0.553. The summed E-state index contributed by atoms with van der Waals surface area (Å²) in [6.45, 7) is 10.4. The number of halogens is 1. The molecular weight excluding hydrogens is 309 g/mol. The second kappa shape index (κ2) is 7.20. The van der Waals surface area contributed by atoms with Crippen molar-refractivity contribution in [3.63, 3.8) is 0 Å². The molecule has 0 N–H and O–H groups in total. The summed E-state index contributed by atoms with van der Waals surface area (Å²) < 4.78 is 13.0. The minimum atomic E-state index is -0.444. The number of piperazine rings is 1. The number of likely N-dealkylation sites (N-methyl/N-ethyl adjacent to an activating group) is 1. The Morgan fingerprint density at radius 1 is 1.08 bits per heavy atom. The molecule has 0 unspecified atom stereocenters. The lowest BCUT2D eigenvalue weighted by atomic mass is 10.1. The second-order valence-corrected chi connectivity index (χ2v) is 6.98. The molecule has 0 radical (unpaired) electrons. The molecule has 2 rings (SSSR count). The van der Waals surface area contributed by atoms with Gasteiger partial charge in [-0.05, 0) is 52.0 Å². The first-order valence-electron chi connectivity index (χ1n) is 8.35. The zero-order valence-electron chi connectivity index (χ0n) is 14.9. The molecule has 1 fully saturated rings. The zero-order valence-corrected chi connectivity index (χ0v) is 14.9. The minimum Gasteiger partial charge on any atom is -0.368 e.